The van der Waals surface area contributed by atoms with Gasteiger partial charge in [-0.15, -0.1) is 0 Å². The van der Waals surface area contributed by atoms with Crippen molar-refractivity contribution < 1.29 is 5.11 Å². The van der Waals surface area contributed by atoms with E-state index in [0.717, 1.165) is 24.1 Å². The molecule has 1 atom stereocenters. The number of benzene rings is 1. The molecule has 3 aromatic rings. The topological polar surface area (TPSA) is 37.5 Å². The van der Waals surface area contributed by atoms with E-state index in [9.17, 15) is 5.11 Å². The summed E-state index contributed by atoms with van der Waals surface area (Å²) in [6, 6.07) is 13.4. The van der Waals surface area contributed by atoms with Crippen LogP contribution in [0.1, 0.15) is 78.8 Å². The minimum absolute atomic E-state index is 0.345. The van der Waals surface area contributed by atoms with Crippen LogP contribution in [-0.2, 0) is 0 Å². The Balaban J connectivity index is 1.37. The number of fused-ring (bicyclic) bond motifs is 1. The SMILES string of the molecule is Cc1ccc(C2CCC([C@@H](O)c3c(C4CC4)ccc4cncn34)CC2)cc1. The highest BCUT2D eigenvalue weighted by Crippen LogP contribution is 2.47. The number of hydrogen-bond donors (Lipinski definition) is 1. The predicted molar refractivity (Wildman–Crippen MR) is 108 cm³/mol. The van der Waals surface area contributed by atoms with Gasteiger partial charge in [0, 0.05) is 0 Å². The summed E-state index contributed by atoms with van der Waals surface area (Å²) in [5.41, 5.74) is 6.31. The van der Waals surface area contributed by atoms with Crippen molar-refractivity contribution in [1.29, 1.82) is 0 Å². The second-order valence-corrected chi connectivity index (χ2v) is 8.60. The van der Waals surface area contributed by atoms with Gasteiger partial charge in [0.05, 0.1) is 29.8 Å². The lowest BCUT2D eigenvalue weighted by Gasteiger charge is -2.33. The zero-order valence-electron chi connectivity index (χ0n) is 16.0. The van der Waals surface area contributed by atoms with Gasteiger partial charge in [-0.3, -0.25) is 0 Å². The van der Waals surface area contributed by atoms with Crippen molar-refractivity contribution in [3.8, 4) is 0 Å². The number of aliphatic hydroxyl groups excluding tert-OH is 1. The fourth-order valence-electron chi connectivity index (χ4n) is 4.91. The van der Waals surface area contributed by atoms with Crippen molar-refractivity contribution in [1.82, 2.24) is 9.38 Å². The average molecular weight is 361 g/mol. The van der Waals surface area contributed by atoms with Gasteiger partial charge in [0.25, 0.3) is 0 Å². The molecule has 1 N–H and O–H groups in total. The maximum atomic E-state index is 11.4. The van der Waals surface area contributed by atoms with Gasteiger partial charge in [0.2, 0.25) is 0 Å². The number of pyridine rings is 1. The molecule has 3 heteroatoms. The molecule has 5 rings (SSSR count). The molecule has 2 heterocycles. The van der Waals surface area contributed by atoms with Crippen molar-refractivity contribution in [2.75, 3.05) is 0 Å². The minimum atomic E-state index is -0.391. The first-order valence-corrected chi connectivity index (χ1v) is 10.4. The van der Waals surface area contributed by atoms with Crippen LogP contribution in [-0.4, -0.2) is 14.5 Å². The number of aliphatic hydroxyl groups is 1. The Hall–Kier alpha value is -2.13. The summed E-state index contributed by atoms with van der Waals surface area (Å²) in [7, 11) is 0. The van der Waals surface area contributed by atoms with Gasteiger partial charge in [-0.05, 0) is 80.4 Å². The molecule has 0 bridgehead atoms. The Morgan fingerprint density at radius 3 is 2.33 bits per heavy atom. The minimum Gasteiger partial charge on any atom is -0.387 e. The number of rotatable bonds is 4. The first-order valence-electron chi connectivity index (χ1n) is 10.4. The highest BCUT2D eigenvalue weighted by molar-refractivity contribution is 5.50. The molecule has 3 nitrogen and oxygen atoms in total. The van der Waals surface area contributed by atoms with Crippen LogP contribution in [0.25, 0.3) is 5.52 Å². The second kappa shape index (κ2) is 6.79. The summed E-state index contributed by atoms with van der Waals surface area (Å²) in [5.74, 6) is 1.61. The summed E-state index contributed by atoms with van der Waals surface area (Å²) in [6.07, 6.45) is 10.4. The van der Waals surface area contributed by atoms with Crippen LogP contribution in [0.2, 0.25) is 0 Å². The summed E-state index contributed by atoms with van der Waals surface area (Å²) >= 11 is 0. The molecule has 0 amide bonds. The van der Waals surface area contributed by atoms with Crippen LogP contribution >= 0.6 is 0 Å². The van der Waals surface area contributed by atoms with E-state index >= 15 is 0 Å². The summed E-state index contributed by atoms with van der Waals surface area (Å²) in [6.45, 7) is 2.14. The number of imidazole rings is 1. The Morgan fingerprint density at radius 2 is 1.63 bits per heavy atom. The van der Waals surface area contributed by atoms with Gasteiger partial charge < -0.3 is 9.51 Å². The summed E-state index contributed by atoms with van der Waals surface area (Å²) < 4.78 is 2.13. The standard InChI is InChI=1S/C24H28N2O/c1-16-2-4-17(5-3-16)18-6-10-20(11-7-18)24(27)23-22(19-8-9-19)13-12-21-14-25-15-26(21)23/h2-5,12-15,18-20,24,27H,6-11H2,1H3/t18?,20?,24-/m1/s1. The van der Waals surface area contributed by atoms with Crippen molar-refractivity contribution in [2.45, 2.75) is 63.4 Å². The van der Waals surface area contributed by atoms with Crippen molar-refractivity contribution in [3.63, 3.8) is 0 Å². The van der Waals surface area contributed by atoms with Gasteiger partial charge in [0.1, 0.15) is 0 Å². The van der Waals surface area contributed by atoms with E-state index in [2.05, 4.69) is 52.7 Å². The molecule has 2 saturated carbocycles. The van der Waals surface area contributed by atoms with Crippen LogP contribution in [0.15, 0.2) is 48.9 Å². The monoisotopic (exact) mass is 360 g/mol. The Bertz CT molecular complexity index is 931. The van der Waals surface area contributed by atoms with Crippen molar-refractivity contribution in [3.05, 3.63) is 71.3 Å². The highest BCUT2D eigenvalue weighted by atomic mass is 16.3. The first kappa shape index (κ1) is 17.0. The van der Waals surface area contributed by atoms with E-state index in [1.165, 1.54) is 42.4 Å². The highest BCUT2D eigenvalue weighted by Gasteiger charge is 2.34. The molecule has 0 saturated heterocycles. The lowest BCUT2D eigenvalue weighted by atomic mass is 9.75. The molecule has 1 aromatic carbocycles. The average Bonchev–Trinajstić information content (AvgIpc) is 3.44. The van der Waals surface area contributed by atoms with Crippen LogP contribution < -0.4 is 0 Å². The Kier molecular flexibility index (Phi) is 4.28. The van der Waals surface area contributed by atoms with Crippen LogP contribution in [0.5, 0.6) is 0 Å². The fourth-order valence-corrected chi connectivity index (χ4v) is 4.91. The molecule has 0 spiro atoms. The normalized spacial score (nSPS) is 24.2. The molecule has 2 aliphatic carbocycles. The van der Waals surface area contributed by atoms with Gasteiger partial charge in [0.15, 0.2) is 0 Å². The van der Waals surface area contributed by atoms with Crippen LogP contribution in [0.4, 0.5) is 0 Å². The largest absolute Gasteiger partial charge is 0.387 e. The van der Waals surface area contributed by atoms with E-state index in [1.54, 1.807) is 0 Å². The molecule has 0 radical (unpaired) electrons. The third kappa shape index (κ3) is 3.19. The number of aromatic nitrogens is 2. The molecular weight excluding hydrogens is 332 g/mol. The molecule has 2 aromatic heterocycles. The maximum Gasteiger partial charge on any atom is 0.0995 e. The molecule has 27 heavy (non-hydrogen) atoms. The molecule has 2 fully saturated rings. The van der Waals surface area contributed by atoms with Crippen molar-refractivity contribution >= 4 is 5.52 Å². The zero-order valence-corrected chi connectivity index (χ0v) is 16.0. The molecule has 0 aliphatic heterocycles. The van der Waals surface area contributed by atoms with Gasteiger partial charge in [-0.2, -0.15) is 0 Å². The third-order valence-corrected chi connectivity index (χ3v) is 6.72. The number of hydrogen-bond acceptors (Lipinski definition) is 2. The van der Waals surface area contributed by atoms with E-state index < -0.39 is 6.10 Å². The molecule has 0 unspecified atom stereocenters. The molecule has 2 aliphatic rings. The predicted octanol–water partition coefficient (Wildman–Crippen LogP) is 5.53. The zero-order chi connectivity index (χ0) is 18.4. The maximum absolute atomic E-state index is 11.4. The summed E-state index contributed by atoms with van der Waals surface area (Å²) in [4.78, 5) is 4.32. The van der Waals surface area contributed by atoms with E-state index in [0.29, 0.717) is 17.8 Å². The number of nitrogens with zero attached hydrogens (tertiary/aromatic N) is 2. The Morgan fingerprint density at radius 1 is 0.926 bits per heavy atom. The Labute approximate surface area is 161 Å². The van der Waals surface area contributed by atoms with Gasteiger partial charge in [-0.1, -0.05) is 35.9 Å². The fraction of sp³-hybridized carbons (Fsp3) is 0.458. The van der Waals surface area contributed by atoms with E-state index in [4.69, 9.17) is 0 Å². The lowest BCUT2D eigenvalue weighted by Crippen LogP contribution is -2.22. The molecular formula is C24H28N2O. The third-order valence-electron chi connectivity index (χ3n) is 6.72. The second-order valence-electron chi connectivity index (χ2n) is 8.60. The number of aryl methyl sites for hydroxylation is 1. The lowest BCUT2D eigenvalue weighted by molar-refractivity contribution is 0.0754. The molecule has 140 valence electrons. The smallest absolute Gasteiger partial charge is 0.0995 e. The van der Waals surface area contributed by atoms with Gasteiger partial charge >= 0.3 is 0 Å². The quantitative estimate of drug-likeness (QED) is 0.664. The summed E-state index contributed by atoms with van der Waals surface area (Å²) in [5, 5.41) is 11.4. The van der Waals surface area contributed by atoms with E-state index in [-0.39, 0.29) is 0 Å². The van der Waals surface area contributed by atoms with E-state index in [1.807, 2.05) is 12.5 Å². The van der Waals surface area contributed by atoms with Crippen molar-refractivity contribution in [2.24, 2.45) is 5.92 Å². The van der Waals surface area contributed by atoms with Crippen LogP contribution in [0, 0.1) is 12.8 Å². The van der Waals surface area contributed by atoms with Gasteiger partial charge in [-0.25, -0.2) is 4.98 Å². The van der Waals surface area contributed by atoms with Crippen LogP contribution in [0.3, 0.4) is 0 Å². The first-order chi connectivity index (χ1) is 13.2.